The average molecular weight is 339 g/mol. The van der Waals surface area contributed by atoms with E-state index in [1.165, 1.54) is 0 Å². The highest BCUT2D eigenvalue weighted by atomic mass is 16.5. The molecular weight excluding hydrogens is 314 g/mol. The zero-order chi connectivity index (χ0) is 17.8. The largest absolute Gasteiger partial charge is 0.497 e. The van der Waals surface area contributed by atoms with Gasteiger partial charge < -0.3 is 30.2 Å². The highest BCUT2D eigenvalue weighted by Gasteiger charge is 2.07. The Kier molecular flexibility index (Phi) is 9.06. The second-order valence-electron chi connectivity index (χ2n) is 4.88. The number of methoxy groups -OCH3 is 3. The van der Waals surface area contributed by atoms with Gasteiger partial charge in [0.15, 0.2) is 0 Å². The van der Waals surface area contributed by atoms with E-state index in [4.69, 9.17) is 14.2 Å². The van der Waals surface area contributed by atoms with Crippen molar-refractivity contribution in [2.75, 3.05) is 47.6 Å². The van der Waals surface area contributed by atoms with Crippen LogP contribution < -0.4 is 25.4 Å². The summed E-state index contributed by atoms with van der Waals surface area (Å²) in [5, 5.41) is 7.77. The number of amides is 3. The van der Waals surface area contributed by atoms with Gasteiger partial charge in [-0.2, -0.15) is 0 Å². The molecule has 8 heteroatoms. The van der Waals surface area contributed by atoms with Crippen LogP contribution in [0.25, 0.3) is 0 Å². The molecule has 0 unspecified atom stereocenters. The van der Waals surface area contributed by atoms with Crippen molar-refractivity contribution in [3.63, 3.8) is 0 Å². The molecule has 134 valence electrons. The van der Waals surface area contributed by atoms with Gasteiger partial charge in [-0.3, -0.25) is 4.79 Å². The molecule has 3 amide bonds. The van der Waals surface area contributed by atoms with Crippen LogP contribution in [-0.4, -0.2) is 59.5 Å². The Bertz CT molecular complexity index is 536. The number of carbonyl (C=O) groups is 2. The molecule has 0 atom stereocenters. The van der Waals surface area contributed by atoms with E-state index in [9.17, 15) is 9.59 Å². The zero-order valence-electron chi connectivity index (χ0n) is 14.3. The van der Waals surface area contributed by atoms with Gasteiger partial charge in [-0.15, -0.1) is 0 Å². The van der Waals surface area contributed by atoms with Gasteiger partial charge in [0.25, 0.3) is 0 Å². The molecule has 0 radical (unpaired) electrons. The van der Waals surface area contributed by atoms with Gasteiger partial charge in [0.1, 0.15) is 11.5 Å². The lowest BCUT2D eigenvalue weighted by Gasteiger charge is -2.11. The van der Waals surface area contributed by atoms with E-state index in [0.29, 0.717) is 26.1 Å². The molecule has 1 rings (SSSR count). The van der Waals surface area contributed by atoms with E-state index in [2.05, 4.69) is 16.0 Å². The predicted molar refractivity (Wildman–Crippen MR) is 89.5 cm³/mol. The predicted octanol–water partition coefficient (Wildman–Crippen LogP) is 0.308. The van der Waals surface area contributed by atoms with E-state index in [1.54, 1.807) is 21.3 Å². The summed E-state index contributed by atoms with van der Waals surface area (Å²) in [4.78, 5) is 23.1. The molecule has 0 aliphatic carbocycles. The molecule has 0 saturated heterocycles. The van der Waals surface area contributed by atoms with Crippen molar-refractivity contribution in [1.29, 1.82) is 0 Å². The third-order valence-corrected chi connectivity index (χ3v) is 3.21. The van der Waals surface area contributed by atoms with Crippen molar-refractivity contribution < 1.29 is 23.8 Å². The van der Waals surface area contributed by atoms with Crippen LogP contribution in [0.15, 0.2) is 18.2 Å². The minimum Gasteiger partial charge on any atom is -0.497 e. The Morgan fingerprint density at radius 1 is 1.00 bits per heavy atom. The third kappa shape index (κ3) is 7.19. The maximum Gasteiger partial charge on any atom is 0.315 e. The lowest BCUT2D eigenvalue weighted by Crippen LogP contribution is -2.43. The smallest absolute Gasteiger partial charge is 0.315 e. The Morgan fingerprint density at radius 3 is 2.46 bits per heavy atom. The van der Waals surface area contributed by atoms with Crippen LogP contribution in [0.1, 0.15) is 5.56 Å². The lowest BCUT2D eigenvalue weighted by molar-refractivity contribution is -0.120. The van der Waals surface area contributed by atoms with Crippen LogP contribution in [0.2, 0.25) is 0 Å². The molecule has 0 aliphatic rings. The molecule has 0 spiro atoms. The van der Waals surface area contributed by atoms with E-state index >= 15 is 0 Å². The summed E-state index contributed by atoms with van der Waals surface area (Å²) in [5.41, 5.74) is 0.933. The SMILES string of the molecule is COCCNC(=O)NCC(=O)NCCc1cc(OC)ccc1OC. The number of hydrogen-bond donors (Lipinski definition) is 3. The van der Waals surface area contributed by atoms with Crippen molar-refractivity contribution in [1.82, 2.24) is 16.0 Å². The first kappa shape index (κ1) is 19.6. The fraction of sp³-hybridized carbons (Fsp3) is 0.500. The first-order chi connectivity index (χ1) is 11.6. The molecular formula is C16H25N3O5. The quantitative estimate of drug-likeness (QED) is 0.533. The average Bonchev–Trinajstić information content (AvgIpc) is 2.60. The third-order valence-electron chi connectivity index (χ3n) is 3.21. The van der Waals surface area contributed by atoms with Crippen LogP contribution in [0.4, 0.5) is 4.79 Å². The number of ether oxygens (including phenoxy) is 3. The molecule has 0 aromatic heterocycles. The van der Waals surface area contributed by atoms with Gasteiger partial charge in [-0.25, -0.2) is 4.79 Å². The fourth-order valence-corrected chi connectivity index (χ4v) is 1.97. The first-order valence-electron chi connectivity index (χ1n) is 7.59. The molecule has 1 aromatic rings. The minimum absolute atomic E-state index is 0.0892. The summed E-state index contributed by atoms with van der Waals surface area (Å²) in [6.07, 6.45) is 0.589. The Hall–Kier alpha value is -2.48. The van der Waals surface area contributed by atoms with E-state index in [0.717, 1.165) is 17.1 Å². The second-order valence-corrected chi connectivity index (χ2v) is 4.88. The zero-order valence-corrected chi connectivity index (χ0v) is 14.3. The van der Waals surface area contributed by atoms with E-state index < -0.39 is 6.03 Å². The van der Waals surface area contributed by atoms with Gasteiger partial charge >= 0.3 is 6.03 Å². The van der Waals surface area contributed by atoms with Crippen LogP contribution >= 0.6 is 0 Å². The van der Waals surface area contributed by atoms with Crippen LogP contribution in [-0.2, 0) is 16.0 Å². The number of urea groups is 1. The second kappa shape index (κ2) is 11.1. The van der Waals surface area contributed by atoms with Gasteiger partial charge in [0.05, 0.1) is 27.4 Å². The Morgan fingerprint density at radius 2 is 1.79 bits per heavy atom. The maximum absolute atomic E-state index is 11.7. The van der Waals surface area contributed by atoms with Crippen molar-refractivity contribution in [2.45, 2.75) is 6.42 Å². The van der Waals surface area contributed by atoms with Crippen LogP contribution in [0.3, 0.4) is 0 Å². The summed E-state index contributed by atoms with van der Waals surface area (Å²) in [6.45, 7) is 1.14. The lowest BCUT2D eigenvalue weighted by atomic mass is 10.1. The Labute approximate surface area is 141 Å². The minimum atomic E-state index is -0.406. The number of hydrogen-bond acceptors (Lipinski definition) is 5. The fourth-order valence-electron chi connectivity index (χ4n) is 1.97. The van der Waals surface area contributed by atoms with Gasteiger partial charge in [0.2, 0.25) is 5.91 Å². The molecule has 1 aromatic carbocycles. The molecule has 8 nitrogen and oxygen atoms in total. The highest BCUT2D eigenvalue weighted by molar-refractivity contribution is 5.83. The summed E-state index contributed by atoms with van der Waals surface area (Å²) >= 11 is 0. The number of benzene rings is 1. The number of carbonyl (C=O) groups excluding carboxylic acids is 2. The number of rotatable bonds is 10. The topological polar surface area (TPSA) is 97.9 Å². The van der Waals surface area contributed by atoms with E-state index in [-0.39, 0.29) is 12.5 Å². The monoisotopic (exact) mass is 339 g/mol. The molecule has 3 N–H and O–H groups in total. The molecule has 0 fully saturated rings. The van der Waals surface area contributed by atoms with Crippen molar-refractivity contribution in [2.24, 2.45) is 0 Å². The molecule has 24 heavy (non-hydrogen) atoms. The maximum atomic E-state index is 11.7. The van der Waals surface area contributed by atoms with Crippen molar-refractivity contribution >= 4 is 11.9 Å². The van der Waals surface area contributed by atoms with Crippen molar-refractivity contribution in [3.8, 4) is 11.5 Å². The summed E-state index contributed by atoms with van der Waals surface area (Å²) in [5.74, 6) is 1.20. The highest BCUT2D eigenvalue weighted by Crippen LogP contribution is 2.23. The van der Waals surface area contributed by atoms with E-state index in [1.807, 2.05) is 18.2 Å². The standard InChI is InChI=1S/C16H25N3O5/c1-22-9-8-18-16(21)19-11-15(20)17-7-6-12-10-13(23-2)4-5-14(12)24-3/h4-5,10H,6-9,11H2,1-3H3,(H,17,20)(H2,18,19,21). The molecule has 0 bridgehead atoms. The summed E-state index contributed by atoms with van der Waals surface area (Å²) < 4.78 is 15.3. The first-order valence-corrected chi connectivity index (χ1v) is 7.59. The van der Waals surface area contributed by atoms with Gasteiger partial charge in [0, 0.05) is 20.2 Å². The van der Waals surface area contributed by atoms with Gasteiger partial charge in [-0.05, 0) is 30.2 Å². The Balaban J connectivity index is 2.31. The number of nitrogens with one attached hydrogen (secondary N) is 3. The van der Waals surface area contributed by atoms with Gasteiger partial charge in [-0.1, -0.05) is 0 Å². The summed E-state index contributed by atoms with van der Waals surface area (Å²) in [7, 11) is 4.73. The normalized spacial score (nSPS) is 9.96. The van der Waals surface area contributed by atoms with Crippen LogP contribution in [0, 0.1) is 0 Å². The van der Waals surface area contributed by atoms with Crippen LogP contribution in [0.5, 0.6) is 11.5 Å². The molecule has 0 saturated carbocycles. The van der Waals surface area contributed by atoms with Crippen molar-refractivity contribution in [3.05, 3.63) is 23.8 Å². The molecule has 0 heterocycles. The summed E-state index contributed by atoms with van der Waals surface area (Å²) in [6, 6.07) is 5.10. The molecule has 0 aliphatic heterocycles.